The fourth-order valence-electron chi connectivity index (χ4n) is 1.06. The van der Waals surface area contributed by atoms with Crippen LogP contribution in [-0.2, 0) is 0 Å². The van der Waals surface area contributed by atoms with Crippen LogP contribution in [0.5, 0.6) is 5.75 Å². The predicted octanol–water partition coefficient (Wildman–Crippen LogP) is 0.981. The molecule has 3 N–H and O–H groups in total. The number of nitrogens with two attached hydrogens (primary N) is 1. The molecule has 1 aromatic carbocycles. The van der Waals surface area contributed by atoms with E-state index in [0.717, 1.165) is 6.07 Å². The average molecular weight is 183 g/mol. The van der Waals surface area contributed by atoms with Gasteiger partial charge in [-0.25, -0.2) is 4.39 Å². The predicted molar refractivity (Wildman–Crippen MR) is 46.2 cm³/mol. The Labute approximate surface area is 75.0 Å². The van der Waals surface area contributed by atoms with Crippen molar-refractivity contribution in [1.29, 1.82) is 0 Å². The highest BCUT2D eigenvalue weighted by atomic mass is 19.1. The van der Waals surface area contributed by atoms with Crippen molar-refractivity contribution in [3.8, 4) is 5.75 Å². The molecule has 0 aliphatic heterocycles. The van der Waals surface area contributed by atoms with Crippen molar-refractivity contribution < 1.29 is 14.3 Å². The van der Waals surface area contributed by atoms with Crippen LogP contribution in [0.2, 0.25) is 0 Å². The number of phenols is 1. The van der Waals surface area contributed by atoms with Gasteiger partial charge in [-0.2, -0.15) is 0 Å². The molecule has 0 aliphatic carbocycles. The average Bonchev–Trinajstić information content (AvgIpc) is 2.10. The maximum Gasteiger partial charge on any atom is 0.180 e. The van der Waals surface area contributed by atoms with E-state index in [-0.39, 0.29) is 12.1 Å². The number of Topliss-reactive ketones (excluding diaryl/α,β-unsaturated/α-hetero) is 1. The molecule has 1 rings (SSSR count). The molecule has 0 saturated carbocycles. The van der Waals surface area contributed by atoms with Gasteiger partial charge in [-0.3, -0.25) is 4.79 Å². The Hall–Kier alpha value is -1.42. The van der Waals surface area contributed by atoms with Gasteiger partial charge in [0.15, 0.2) is 17.3 Å². The van der Waals surface area contributed by atoms with E-state index >= 15 is 0 Å². The van der Waals surface area contributed by atoms with E-state index in [1.807, 2.05) is 0 Å². The van der Waals surface area contributed by atoms with Gasteiger partial charge in [0.2, 0.25) is 0 Å². The second kappa shape index (κ2) is 3.53. The number of halogens is 1. The van der Waals surface area contributed by atoms with Crippen molar-refractivity contribution in [1.82, 2.24) is 0 Å². The van der Waals surface area contributed by atoms with Gasteiger partial charge in [0.1, 0.15) is 0 Å². The summed E-state index contributed by atoms with van der Waals surface area (Å²) >= 11 is 0. The molecule has 0 spiro atoms. The second-order valence-corrected chi connectivity index (χ2v) is 2.77. The van der Waals surface area contributed by atoms with Crippen LogP contribution in [0.4, 0.5) is 4.39 Å². The number of hydrogen-bond acceptors (Lipinski definition) is 3. The van der Waals surface area contributed by atoms with E-state index in [2.05, 4.69) is 0 Å². The Kier molecular flexibility index (Phi) is 2.63. The molecule has 1 aromatic rings. The Morgan fingerprint density at radius 1 is 1.62 bits per heavy atom. The fourth-order valence-corrected chi connectivity index (χ4v) is 1.06. The fraction of sp³-hybridized carbons (Fsp3) is 0.222. The largest absolute Gasteiger partial charge is 0.504 e. The number of carbonyl (C=O) groups excluding carboxylic acids is 1. The molecular weight excluding hydrogens is 173 g/mol. The van der Waals surface area contributed by atoms with E-state index < -0.39 is 17.3 Å². The molecule has 0 heterocycles. The van der Waals surface area contributed by atoms with Crippen LogP contribution in [0.1, 0.15) is 15.9 Å². The van der Waals surface area contributed by atoms with Crippen LogP contribution in [0.3, 0.4) is 0 Å². The lowest BCUT2D eigenvalue weighted by Gasteiger charge is -2.04. The molecule has 0 fully saturated rings. The van der Waals surface area contributed by atoms with Gasteiger partial charge in [0.05, 0.1) is 12.1 Å². The van der Waals surface area contributed by atoms with E-state index in [0.29, 0.717) is 5.56 Å². The molecule has 0 aliphatic rings. The minimum Gasteiger partial charge on any atom is -0.504 e. The normalized spacial score (nSPS) is 10.1. The van der Waals surface area contributed by atoms with E-state index in [9.17, 15) is 14.3 Å². The van der Waals surface area contributed by atoms with Gasteiger partial charge in [-0.15, -0.1) is 0 Å². The minimum absolute atomic E-state index is 0.0556. The zero-order valence-electron chi connectivity index (χ0n) is 7.17. The molecule has 0 atom stereocenters. The van der Waals surface area contributed by atoms with Crippen LogP contribution < -0.4 is 5.73 Å². The van der Waals surface area contributed by atoms with Crippen LogP contribution in [0.25, 0.3) is 0 Å². The molecule has 0 amide bonds. The molecule has 70 valence electrons. The summed E-state index contributed by atoms with van der Waals surface area (Å²) < 4.78 is 12.9. The number of rotatable bonds is 2. The van der Waals surface area contributed by atoms with Crippen LogP contribution in [0.15, 0.2) is 12.1 Å². The zero-order chi connectivity index (χ0) is 10.0. The first-order valence-corrected chi connectivity index (χ1v) is 3.78. The summed E-state index contributed by atoms with van der Waals surface area (Å²) in [5.74, 6) is -1.89. The molecule has 0 bridgehead atoms. The highest BCUT2D eigenvalue weighted by Crippen LogP contribution is 2.22. The first kappa shape index (κ1) is 9.67. The number of aromatic hydroxyl groups is 1. The van der Waals surface area contributed by atoms with Crippen molar-refractivity contribution >= 4 is 5.78 Å². The second-order valence-electron chi connectivity index (χ2n) is 2.77. The SMILES string of the molecule is Cc1cc(F)c(O)c(C(=O)CN)c1. The molecule has 3 nitrogen and oxygen atoms in total. The summed E-state index contributed by atoms with van der Waals surface area (Å²) in [5, 5.41) is 9.17. The summed E-state index contributed by atoms with van der Waals surface area (Å²) in [6.07, 6.45) is 0. The molecule has 0 aromatic heterocycles. The molecule has 0 unspecified atom stereocenters. The molecule has 13 heavy (non-hydrogen) atoms. The third-order valence-corrected chi connectivity index (χ3v) is 1.69. The van der Waals surface area contributed by atoms with Crippen molar-refractivity contribution in [2.75, 3.05) is 6.54 Å². The van der Waals surface area contributed by atoms with Gasteiger partial charge in [-0.05, 0) is 24.6 Å². The Balaban J connectivity index is 3.28. The zero-order valence-corrected chi connectivity index (χ0v) is 7.17. The lowest BCUT2D eigenvalue weighted by molar-refractivity contribution is 0.0998. The highest BCUT2D eigenvalue weighted by Gasteiger charge is 2.13. The molecule has 4 heteroatoms. The lowest BCUT2D eigenvalue weighted by atomic mass is 10.1. The first-order chi connectivity index (χ1) is 6.06. The third kappa shape index (κ3) is 1.84. The van der Waals surface area contributed by atoms with Gasteiger partial charge >= 0.3 is 0 Å². The summed E-state index contributed by atoms with van der Waals surface area (Å²) in [5.41, 5.74) is 5.61. The number of phenolic OH excluding ortho intramolecular Hbond substituents is 1. The van der Waals surface area contributed by atoms with Crippen LogP contribution >= 0.6 is 0 Å². The third-order valence-electron chi connectivity index (χ3n) is 1.69. The van der Waals surface area contributed by atoms with Gasteiger partial charge in [0.25, 0.3) is 0 Å². The quantitative estimate of drug-likeness (QED) is 0.672. The minimum atomic E-state index is -0.795. The molecule has 0 radical (unpaired) electrons. The van der Waals surface area contributed by atoms with E-state index in [1.165, 1.54) is 6.07 Å². The monoisotopic (exact) mass is 183 g/mol. The number of carbonyl (C=O) groups is 1. The van der Waals surface area contributed by atoms with Crippen molar-refractivity contribution in [2.45, 2.75) is 6.92 Å². The Bertz CT molecular complexity index is 350. The standard InChI is InChI=1S/C9H10FNO2/c1-5-2-6(8(12)4-11)9(13)7(10)3-5/h2-3,13H,4,11H2,1H3. The maximum atomic E-state index is 12.9. The van der Waals surface area contributed by atoms with Gasteiger partial charge < -0.3 is 10.8 Å². The number of hydrogen-bond donors (Lipinski definition) is 2. The smallest absolute Gasteiger partial charge is 0.180 e. The van der Waals surface area contributed by atoms with Gasteiger partial charge in [0, 0.05) is 0 Å². The maximum absolute atomic E-state index is 12.9. The summed E-state index contributed by atoms with van der Waals surface area (Å²) in [6, 6.07) is 2.57. The summed E-state index contributed by atoms with van der Waals surface area (Å²) in [7, 11) is 0. The number of ketones is 1. The topological polar surface area (TPSA) is 63.3 Å². The van der Waals surface area contributed by atoms with Gasteiger partial charge in [-0.1, -0.05) is 0 Å². The van der Waals surface area contributed by atoms with E-state index in [1.54, 1.807) is 6.92 Å². The summed E-state index contributed by atoms with van der Waals surface area (Å²) in [4.78, 5) is 11.1. The molecule has 0 saturated heterocycles. The van der Waals surface area contributed by atoms with Crippen molar-refractivity contribution in [3.63, 3.8) is 0 Å². The van der Waals surface area contributed by atoms with Crippen LogP contribution in [-0.4, -0.2) is 17.4 Å². The molecular formula is C9H10FNO2. The first-order valence-electron chi connectivity index (χ1n) is 3.78. The highest BCUT2D eigenvalue weighted by molar-refractivity contribution is 6.00. The van der Waals surface area contributed by atoms with Crippen molar-refractivity contribution in [3.05, 3.63) is 29.1 Å². The lowest BCUT2D eigenvalue weighted by Crippen LogP contribution is -2.14. The number of benzene rings is 1. The Morgan fingerprint density at radius 3 is 2.77 bits per heavy atom. The van der Waals surface area contributed by atoms with Crippen molar-refractivity contribution in [2.24, 2.45) is 5.73 Å². The Morgan fingerprint density at radius 2 is 2.23 bits per heavy atom. The summed E-state index contributed by atoms with van der Waals surface area (Å²) in [6.45, 7) is 1.40. The number of aryl methyl sites for hydroxylation is 1. The van der Waals surface area contributed by atoms with E-state index in [4.69, 9.17) is 5.73 Å². The van der Waals surface area contributed by atoms with Crippen LogP contribution in [0, 0.1) is 12.7 Å².